The molecular weight excluding hydrogens is 602 g/mol. The fourth-order valence-corrected chi connectivity index (χ4v) is 8.49. The molecule has 5 atom stereocenters. The molecule has 4 heterocycles. The fourth-order valence-electron chi connectivity index (χ4n) is 8.30. The maximum Gasteiger partial charge on any atom is 0.246 e. The Labute approximate surface area is 276 Å². The van der Waals surface area contributed by atoms with Crippen LogP contribution in [-0.4, -0.2) is 95.5 Å². The van der Waals surface area contributed by atoms with Gasteiger partial charge in [0.25, 0.3) is 0 Å². The van der Waals surface area contributed by atoms with E-state index in [4.69, 9.17) is 16.3 Å². The van der Waals surface area contributed by atoms with Crippen LogP contribution in [0.3, 0.4) is 0 Å². The van der Waals surface area contributed by atoms with Gasteiger partial charge in [-0.15, -0.1) is 0 Å². The zero-order chi connectivity index (χ0) is 31.7. The number of amides is 3. The number of rotatable bonds is 10. The van der Waals surface area contributed by atoms with Crippen molar-refractivity contribution in [2.45, 2.75) is 68.9 Å². The minimum absolute atomic E-state index is 0.102. The number of nitrogens with one attached hydrogen (secondary N) is 2. The predicted octanol–water partition coefficient (Wildman–Crippen LogP) is 4.09. The second-order valence-corrected chi connectivity index (χ2v) is 14.0. The van der Waals surface area contributed by atoms with Gasteiger partial charge in [-0.25, -0.2) is 0 Å². The number of hydrogen-bond acceptors (Lipinski definition) is 6. The number of carbonyl (C=O) groups excluding carboxylic acids is 3. The maximum absolute atomic E-state index is 14.3. The number of nitrogens with zero attached hydrogens (tertiary/aromatic N) is 3. The number of carbonyl (C=O) groups is 3. The van der Waals surface area contributed by atoms with Gasteiger partial charge in [0.05, 0.1) is 17.9 Å². The van der Waals surface area contributed by atoms with Crippen molar-refractivity contribution in [3.8, 4) is 0 Å². The molecule has 9 nitrogen and oxygen atoms in total. The monoisotopic (exact) mass is 645 g/mol. The first-order chi connectivity index (χ1) is 22.4. The van der Waals surface area contributed by atoms with Crippen LogP contribution in [0, 0.1) is 11.8 Å². The third-order valence-corrected chi connectivity index (χ3v) is 10.8. The molecule has 1 aliphatic carbocycles. The number of halogens is 1. The summed E-state index contributed by atoms with van der Waals surface area (Å²) in [7, 11) is 0. The molecule has 0 unspecified atom stereocenters. The molecule has 4 aliphatic heterocycles. The van der Waals surface area contributed by atoms with E-state index in [-0.39, 0.29) is 23.8 Å². The van der Waals surface area contributed by atoms with Crippen LogP contribution in [0.5, 0.6) is 0 Å². The van der Waals surface area contributed by atoms with Crippen LogP contribution in [-0.2, 0) is 25.7 Å². The lowest BCUT2D eigenvalue weighted by atomic mass is 9.74. The van der Waals surface area contributed by atoms with Crippen LogP contribution in [0.25, 0.3) is 0 Å². The highest BCUT2D eigenvalue weighted by Crippen LogP contribution is 2.55. The summed E-state index contributed by atoms with van der Waals surface area (Å²) in [5.41, 5.74) is 0.742. The molecule has 10 heteroatoms. The Morgan fingerprint density at radius 3 is 2.43 bits per heavy atom. The number of ether oxygens (including phenoxy) is 1. The molecule has 3 saturated heterocycles. The lowest BCUT2D eigenvalue weighted by molar-refractivity contribution is -0.141. The largest absolute Gasteiger partial charge is 0.359 e. The zero-order valence-electron chi connectivity index (χ0n) is 26.3. The average Bonchev–Trinajstić information content (AvgIpc) is 3.70. The van der Waals surface area contributed by atoms with E-state index in [0.717, 1.165) is 71.4 Å². The normalized spacial score (nSPS) is 29.7. The molecule has 0 radical (unpaired) electrons. The molecule has 2 aromatic carbocycles. The van der Waals surface area contributed by atoms with E-state index in [1.54, 1.807) is 29.2 Å². The lowest BCUT2D eigenvalue weighted by Gasteiger charge is -2.36. The molecule has 2 aromatic rings. The van der Waals surface area contributed by atoms with Crippen LogP contribution < -0.4 is 10.6 Å². The number of likely N-dealkylation sites (tertiary alicyclic amines) is 1. The molecule has 0 aromatic heterocycles. The maximum atomic E-state index is 14.3. The SMILES string of the molecule is O=C(Nc1cccc(Cl)c1)[C@H]1[C@H]2C=C[C@]3(O2)[C@H](C(=O)NC2CCCCC2)N(CCCN2CCN(Cc4ccccc4)CC2)C(=O)[C@@H]13. The third-order valence-electron chi connectivity index (χ3n) is 10.6. The molecule has 2 N–H and O–H groups in total. The van der Waals surface area contributed by atoms with Gasteiger partial charge in [0.2, 0.25) is 17.7 Å². The van der Waals surface area contributed by atoms with Crippen LogP contribution in [0.2, 0.25) is 5.02 Å². The quantitative estimate of drug-likeness (QED) is 0.378. The first kappa shape index (κ1) is 31.4. The first-order valence-corrected chi connectivity index (χ1v) is 17.3. The molecule has 7 rings (SSSR count). The van der Waals surface area contributed by atoms with Gasteiger partial charge in [0.15, 0.2) is 0 Å². The molecule has 1 spiro atoms. The highest BCUT2D eigenvalue weighted by Gasteiger charge is 2.72. The van der Waals surface area contributed by atoms with Gasteiger partial charge < -0.3 is 25.2 Å². The van der Waals surface area contributed by atoms with Crippen molar-refractivity contribution in [2.24, 2.45) is 11.8 Å². The standard InChI is InChI=1S/C36H44ClN5O4/c37-26-11-7-14-28(23-26)39-33(43)30-29-15-16-36(46-29)31(30)35(45)42(32(36)34(44)38-27-12-5-2-6-13-27)18-8-17-40-19-21-41(22-20-40)24-25-9-3-1-4-10-25/h1,3-4,7,9-11,14-16,23,27,29-32H,2,5-6,8,12-13,17-22,24H2,(H,38,44)(H,39,43)/t29-,30+,31-,32+,36-/m1/s1. The highest BCUT2D eigenvalue weighted by atomic mass is 35.5. The molecule has 1 saturated carbocycles. The van der Waals surface area contributed by atoms with Crippen LogP contribution in [0.1, 0.15) is 44.1 Å². The summed E-state index contributed by atoms with van der Waals surface area (Å²) in [5, 5.41) is 6.74. The average molecular weight is 646 g/mol. The molecule has 2 bridgehead atoms. The number of anilines is 1. The van der Waals surface area contributed by atoms with Gasteiger partial charge >= 0.3 is 0 Å². The third kappa shape index (κ3) is 6.22. The van der Waals surface area contributed by atoms with E-state index >= 15 is 0 Å². The van der Waals surface area contributed by atoms with Crippen LogP contribution in [0.4, 0.5) is 5.69 Å². The molecule has 46 heavy (non-hydrogen) atoms. The summed E-state index contributed by atoms with van der Waals surface area (Å²) in [6.07, 6.45) is 9.20. The Morgan fingerprint density at radius 2 is 1.67 bits per heavy atom. The second-order valence-electron chi connectivity index (χ2n) is 13.5. The Bertz CT molecular complexity index is 1460. The molecular formula is C36H44ClN5O4. The van der Waals surface area contributed by atoms with Crippen molar-refractivity contribution in [1.29, 1.82) is 0 Å². The van der Waals surface area contributed by atoms with Gasteiger partial charge in [-0.1, -0.05) is 79.4 Å². The topological polar surface area (TPSA) is 94.2 Å². The number of hydrogen-bond donors (Lipinski definition) is 2. The summed E-state index contributed by atoms with van der Waals surface area (Å²) in [5.74, 6) is -2.12. The Morgan fingerprint density at radius 1 is 0.913 bits per heavy atom. The molecule has 5 aliphatic rings. The van der Waals surface area contributed by atoms with Gasteiger partial charge in [-0.3, -0.25) is 19.3 Å². The van der Waals surface area contributed by atoms with Crippen molar-refractivity contribution in [2.75, 3.05) is 44.6 Å². The molecule has 244 valence electrons. The van der Waals surface area contributed by atoms with Crippen molar-refractivity contribution in [1.82, 2.24) is 20.0 Å². The van der Waals surface area contributed by atoms with Crippen molar-refractivity contribution in [3.63, 3.8) is 0 Å². The minimum atomic E-state index is -1.15. The predicted molar refractivity (Wildman–Crippen MR) is 177 cm³/mol. The summed E-state index contributed by atoms with van der Waals surface area (Å²) in [4.78, 5) is 48.8. The minimum Gasteiger partial charge on any atom is -0.359 e. The van der Waals surface area contributed by atoms with E-state index in [1.807, 2.05) is 18.2 Å². The van der Waals surface area contributed by atoms with Gasteiger partial charge in [0, 0.05) is 56.0 Å². The van der Waals surface area contributed by atoms with Gasteiger partial charge in [-0.05, 0) is 49.6 Å². The summed E-state index contributed by atoms with van der Waals surface area (Å²) in [6, 6.07) is 16.8. The fraction of sp³-hybridized carbons (Fsp3) is 0.528. The van der Waals surface area contributed by atoms with E-state index in [1.165, 1.54) is 12.0 Å². The van der Waals surface area contributed by atoms with Gasteiger partial charge in [-0.2, -0.15) is 0 Å². The van der Waals surface area contributed by atoms with Crippen molar-refractivity contribution < 1.29 is 19.1 Å². The molecule has 3 amide bonds. The van der Waals surface area contributed by atoms with E-state index in [2.05, 4.69) is 44.7 Å². The zero-order valence-corrected chi connectivity index (χ0v) is 27.0. The summed E-state index contributed by atoms with van der Waals surface area (Å²) < 4.78 is 6.52. The van der Waals surface area contributed by atoms with E-state index in [0.29, 0.717) is 17.3 Å². The molecule has 4 fully saturated rings. The van der Waals surface area contributed by atoms with E-state index < -0.39 is 29.6 Å². The van der Waals surface area contributed by atoms with Crippen molar-refractivity contribution >= 4 is 35.0 Å². The number of fused-ring (bicyclic) bond motifs is 1. The lowest BCUT2D eigenvalue weighted by Crippen LogP contribution is -2.56. The first-order valence-electron chi connectivity index (χ1n) is 16.9. The van der Waals surface area contributed by atoms with Crippen LogP contribution >= 0.6 is 11.6 Å². The summed E-state index contributed by atoms with van der Waals surface area (Å²) >= 11 is 6.16. The Hall–Kier alpha value is -3.24. The summed E-state index contributed by atoms with van der Waals surface area (Å²) in [6.45, 7) is 6.18. The van der Waals surface area contributed by atoms with Crippen molar-refractivity contribution in [3.05, 3.63) is 77.3 Å². The Balaban J connectivity index is 1.04. The van der Waals surface area contributed by atoms with E-state index in [9.17, 15) is 14.4 Å². The van der Waals surface area contributed by atoms with Gasteiger partial charge in [0.1, 0.15) is 11.6 Å². The van der Waals surface area contributed by atoms with Crippen LogP contribution in [0.15, 0.2) is 66.7 Å². The Kier molecular flexibility index (Phi) is 9.19. The highest BCUT2D eigenvalue weighted by molar-refractivity contribution is 6.30. The second kappa shape index (κ2) is 13.5. The number of benzene rings is 2. The number of piperazine rings is 1. The smallest absolute Gasteiger partial charge is 0.246 e.